The maximum absolute atomic E-state index is 12.4. The zero-order valence-electron chi connectivity index (χ0n) is 18.0. The summed E-state index contributed by atoms with van der Waals surface area (Å²) >= 11 is 0. The van der Waals surface area contributed by atoms with Crippen LogP contribution in [-0.2, 0) is 4.79 Å². The Labute approximate surface area is 186 Å². The fourth-order valence-electron chi connectivity index (χ4n) is 4.67. The number of aromatic nitrogens is 2. The molecule has 0 unspecified atom stereocenters. The van der Waals surface area contributed by atoms with Gasteiger partial charge in [0.25, 0.3) is 5.56 Å². The molecule has 0 aliphatic carbocycles. The number of likely N-dealkylation sites (tertiary alicyclic amines) is 1. The number of anilines is 1. The Hall–Kier alpha value is -3.39. The van der Waals surface area contributed by atoms with Crippen molar-refractivity contribution in [1.82, 2.24) is 19.5 Å². The van der Waals surface area contributed by atoms with Crippen molar-refractivity contribution < 1.29 is 10.0 Å². The monoisotopic (exact) mass is 433 g/mol. The van der Waals surface area contributed by atoms with Crippen LogP contribution >= 0.6 is 0 Å². The lowest BCUT2D eigenvalue weighted by Crippen LogP contribution is -2.49. The number of pyridine rings is 2. The molecule has 4 heterocycles. The summed E-state index contributed by atoms with van der Waals surface area (Å²) in [6, 6.07) is 13.2. The van der Waals surface area contributed by atoms with E-state index in [4.69, 9.17) is 0 Å². The van der Waals surface area contributed by atoms with Crippen LogP contribution in [0, 0.1) is 0 Å². The Balaban J connectivity index is 1.33. The maximum atomic E-state index is 12.4. The first-order valence-electron chi connectivity index (χ1n) is 11.2. The van der Waals surface area contributed by atoms with Gasteiger partial charge in [0.05, 0.1) is 6.54 Å². The fourth-order valence-corrected chi connectivity index (χ4v) is 4.67. The second-order valence-electron chi connectivity index (χ2n) is 8.48. The number of hydrogen-bond acceptors (Lipinski definition) is 6. The Kier molecular flexibility index (Phi) is 5.53. The second-order valence-corrected chi connectivity index (χ2v) is 8.48. The van der Waals surface area contributed by atoms with Crippen molar-refractivity contribution in [2.75, 3.05) is 50.7 Å². The molecule has 0 bridgehead atoms. The average molecular weight is 434 g/mol. The minimum absolute atomic E-state index is 0.247. The minimum atomic E-state index is -0.507. The molecular formula is C24H27N5O3. The highest BCUT2D eigenvalue weighted by Crippen LogP contribution is 2.29. The summed E-state index contributed by atoms with van der Waals surface area (Å²) in [5.41, 5.74) is 2.48. The molecule has 2 saturated heterocycles. The quantitative estimate of drug-likeness (QED) is 0.635. The Bertz CT molecular complexity index is 1190. The number of benzene rings is 1. The van der Waals surface area contributed by atoms with Crippen molar-refractivity contribution >= 4 is 22.6 Å². The molecule has 5 rings (SSSR count). The van der Waals surface area contributed by atoms with E-state index in [-0.39, 0.29) is 11.6 Å². The third-order valence-corrected chi connectivity index (χ3v) is 6.47. The third-order valence-electron chi connectivity index (χ3n) is 6.47. The molecule has 2 aliphatic rings. The van der Waals surface area contributed by atoms with Crippen molar-refractivity contribution in [3.63, 3.8) is 0 Å². The van der Waals surface area contributed by atoms with E-state index in [1.165, 1.54) is 6.07 Å². The molecule has 1 N–H and O–H groups in total. The van der Waals surface area contributed by atoms with Crippen molar-refractivity contribution in [1.29, 1.82) is 0 Å². The van der Waals surface area contributed by atoms with E-state index in [0.717, 1.165) is 74.3 Å². The number of carbonyl (C=O) groups is 1. The summed E-state index contributed by atoms with van der Waals surface area (Å²) < 4.78 is 0.589. The second kappa shape index (κ2) is 8.63. The standard InChI is InChI=1S/C24H27N5O3/c30-22-16-21(20-7-4-8-25-24(20)29(22)32)18-5-3-6-19(15-18)27-13-11-26(12-14-27)17-23(31)28-9-1-2-10-28/h3-8,15-16,32H,1-2,9-14,17H2. The minimum Gasteiger partial charge on any atom is -0.423 e. The fraction of sp³-hybridized carbons (Fsp3) is 0.375. The highest BCUT2D eigenvalue weighted by molar-refractivity contribution is 5.93. The predicted octanol–water partition coefficient (Wildman–Crippen LogP) is 2.05. The van der Waals surface area contributed by atoms with E-state index in [0.29, 0.717) is 11.3 Å². The molecular weight excluding hydrogens is 406 g/mol. The van der Waals surface area contributed by atoms with E-state index in [2.05, 4.69) is 26.9 Å². The summed E-state index contributed by atoms with van der Waals surface area (Å²) in [5, 5.41) is 10.8. The van der Waals surface area contributed by atoms with Gasteiger partial charge in [-0.2, -0.15) is 0 Å². The lowest BCUT2D eigenvalue weighted by Gasteiger charge is -2.36. The van der Waals surface area contributed by atoms with Gasteiger partial charge in [0.15, 0.2) is 5.65 Å². The number of hydrogen-bond donors (Lipinski definition) is 1. The van der Waals surface area contributed by atoms with Gasteiger partial charge in [0, 0.05) is 62.6 Å². The van der Waals surface area contributed by atoms with Crippen molar-refractivity contribution in [2.45, 2.75) is 12.8 Å². The summed E-state index contributed by atoms with van der Waals surface area (Å²) in [6.45, 7) is 5.68. The first kappa shape index (κ1) is 20.5. The van der Waals surface area contributed by atoms with E-state index < -0.39 is 5.56 Å². The van der Waals surface area contributed by atoms with E-state index >= 15 is 0 Å². The molecule has 8 nitrogen and oxygen atoms in total. The van der Waals surface area contributed by atoms with E-state index in [1.54, 1.807) is 12.3 Å². The number of amides is 1. The third kappa shape index (κ3) is 3.93. The molecule has 8 heteroatoms. The van der Waals surface area contributed by atoms with Gasteiger partial charge in [-0.25, -0.2) is 4.98 Å². The smallest absolute Gasteiger partial charge is 0.285 e. The first-order valence-corrected chi connectivity index (χ1v) is 11.2. The van der Waals surface area contributed by atoms with Crippen LogP contribution < -0.4 is 10.5 Å². The molecule has 166 valence electrons. The van der Waals surface area contributed by atoms with Crippen LogP contribution in [0.1, 0.15) is 12.8 Å². The highest BCUT2D eigenvalue weighted by Gasteiger charge is 2.23. The van der Waals surface area contributed by atoms with Crippen LogP contribution in [0.25, 0.3) is 22.2 Å². The van der Waals surface area contributed by atoms with E-state index in [1.807, 2.05) is 23.1 Å². The lowest BCUT2D eigenvalue weighted by molar-refractivity contribution is -0.131. The van der Waals surface area contributed by atoms with Crippen LogP contribution in [0.5, 0.6) is 0 Å². The molecule has 0 radical (unpaired) electrons. The van der Waals surface area contributed by atoms with Gasteiger partial charge in [0.2, 0.25) is 5.91 Å². The number of fused-ring (bicyclic) bond motifs is 1. The molecule has 0 spiro atoms. The largest absolute Gasteiger partial charge is 0.423 e. The SMILES string of the molecule is O=C(CN1CCN(c2cccc(-c3cc(=O)n(O)c4ncccc34)c2)CC1)N1CCCC1. The van der Waals surface area contributed by atoms with Crippen LogP contribution in [0.4, 0.5) is 5.69 Å². The predicted molar refractivity (Wildman–Crippen MR) is 123 cm³/mol. The van der Waals surface area contributed by atoms with E-state index in [9.17, 15) is 14.8 Å². The van der Waals surface area contributed by atoms with Gasteiger partial charge in [-0.3, -0.25) is 14.5 Å². The molecule has 1 amide bonds. The topological polar surface area (TPSA) is 81.9 Å². The van der Waals surface area contributed by atoms with Crippen LogP contribution in [0.3, 0.4) is 0 Å². The molecule has 0 atom stereocenters. The molecule has 3 aromatic rings. The average Bonchev–Trinajstić information content (AvgIpc) is 3.37. The molecule has 1 aromatic carbocycles. The summed E-state index contributed by atoms with van der Waals surface area (Å²) in [7, 11) is 0. The van der Waals surface area contributed by atoms with Crippen LogP contribution in [0.15, 0.2) is 53.5 Å². The molecule has 32 heavy (non-hydrogen) atoms. The lowest BCUT2D eigenvalue weighted by atomic mass is 10.0. The Morgan fingerprint density at radius 1 is 0.969 bits per heavy atom. The molecule has 2 aromatic heterocycles. The van der Waals surface area contributed by atoms with Gasteiger partial charge in [-0.15, -0.1) is 4.73 Å². The summed E-state index contributed by atoms with van der Waals surface area (Å²) in [5.74, 6) is 0.247. The first-order chi connectivity index (χ1) is 15.6. The summed E-state index contributed by atoms with van der Waals surface area (Å²) in [6.07, 6.45) is 3.80. The number of carbonyl (C=O) groups excluding carboxylic acids is 1. The van der Waals surface area contributed by atoms with Crippen LogP contribution in [0.2, 0.25) is 0 Å². The normalized spacial score (nSPS) is 17.2. The molecule has 0 saturated carbocycles. The van der Waals surface area contributed by atoms with Crippen molar-refractivity contribution in [3.8, 4) is 11.1 Å². The van der Waals surface area contributed by atoms with Gasteiger partial charge < -0.3 is 15.0 Å². The molecule has 2 fully saturated rings. The highest BCUT2D eigenvalue weighted by atomic mass is 16.5. The van der Waals surface area contributed by atoms with Crippen molar-refractivity contribution in [3.05, 3.63) is 59.0 Å². The number of piperazine rings is 1. The zero-order valence-corrected chi connectivity index (χ0v) is 18.0. The van der Waals surface area contributed by atoms with Gasteiger partial charge >= 0.3 is 0 Å². The maximum Gasteiger partial charge on any atom is 0.285 e. The number of rotatable bonds is 4. The molecule has 2 aliphatic heterocycles. The Morgan fingerprint density at radius 3 is 2.53 bits per heavy atom. The summed E-state index contributed by atoms with van der Waals surface area (Å²) in [4.78, 5) is 35.4. The van der Waals surface area contributed by atoms with Gasteiger partial charge in [-0.1, -0.05) is 12.1 Å². The zero-order chi connectivity index (χ0) is 22.1. The van der Waals surface area contributed by atoms with Gasteiger partial charge in [0.1, 0.15) is 0 Å². The van der Waals surface area contributed by atoms with Crippen LogP contribution in [-0.4, -0.2) is 76.4 Å². The van der Waals surface area contributed by atoms with Gasteiger partial charge in [-0.05, 0) is 48.2 Å². The number of nitrogens with zero attached hydrogens (tertiary/aromatic N) is 5. The van der Waals surface area contributed by atoms with Crippen molar-refractivity contribution in [2.24, 2.45) is 0 Å². The Morgan fingerprint density at radius 2 is 1.75 bits per heavy atom.